The molecule has 2 fully saturated rings. The maximum absolute atomic E-state index is 12.3. The molecule has 1 atom stereocenters. The van der Waals surface area contributed by atoms with E-state index < -0.39 is 0 Å². The lowest BCUT2D eigenvalue weighted by Crippen LogP contribution is -2.16. The Hall–Kier alpha value is -2.15. The number of aromatic nitrogens is 3. The Bertz CT molecular complexity index is 652. The molecule has 1 saturated carbocycles. The molecule has 3 heterocycles. The Labute approximate surface area is 121 Å². The summed E-state index contributed by atoms with van der Waals surface area (Å²) in [4.78, 5) is 12.3. The molecule has 1 aliphatic carbocycles. The molecule has 2 aromatic rings. The van der Waals surface area contributed by atoms with Crippen molar-refractivity contribution in [2.75, 3.05) is 11.9 Å². The van der Waals surface area contributed by atoms with Gasteiger partial charge in [0.1, 0.15) is 5.69 Å². The maximum atomic E-state index is 12.3. The summed E-state index contributed by atoms with van der Waals surface area (Å²) in [5.41, 5.74) is 0.635. The van der Waals surface area contributed by atoms with Gasteiger partial charge in [-0.15, -0.1) is 5.10 Å². The Morgan fingerprint density at radius 3 is 3.05 bits per heavy atom. The highest BCUT2D eigenvalue weighted by molar-refractivity contribution is 6.02. The molecule has 1 aliphatic heterocycles. The second-order valence-corrected chi connectivity index (χ2v) is 5.58. The number of carbonyl (C=O) groups is 1. The first kappa shape index (κ1) is 12.6. The molecule has 1 saturated heterocycles. The fourth-order valence-electron chi connectivity index (χ4n) is 2.74. The van der Waals surface area contributed by atoms with Crippen LogP contribution in [-0.2, 0) is 0 Å². The molecule has 1 unspecified atom stereocenters. The zero-order valence-electron chi connectivity index (χ0n) is 11.6. The molecular weight excluding hydrogens is 270 g/mol. The van der Waals surface area contributed by atoms with Gasteiger partial charge in [-0.05, 0) is 44.4 Å². The molecule has 21 heavy (non-hydrogen) atoms. The van der Waals surface area contributed by atoms with Crippen LogP contribution in [0.25, 0.3) is 0 Å². The monoisotopic (exact) mass is 287 g/mol. The van der Waals surface area contributed by atoms with Crippen molar-refractivity contribution in [3.63, 3.8) is 0 Å². The molecule has 0 spiro atoms. The molecule has 1 amide bonds. The molecule has 0 bridgehead atoms. The Kier molecular flexibility index (Phi) is 2.99. The van der Waals surface area contributed by atoms with Crippen LogP contribution in [0.1, 0.15) is 54.1 Å². The predicted molar refractivity (Wildman–Crippen MR) is 74.9 cm³/mol. The molecule has 2 aliphatic rings. The largest absolute Gasteiger partial charge is 0.406 e. The molecular formula is C14H17N5O2. The number of anilines is 1. The molecule has 2 aromatic heterocycles. The van der Waals surface area contributed by atoms with Crippen LogP contribution in [0.3, 0.4) is 0 Å². The topological polar surface area (TPSA) is 85.0 Å². The SMILES string of the molecule is O=C(Nc1nnc(C2CCCN2)o1)c1cccn1C1CC1. The van der Waals surface area contributed by atoms with E-state index in [-0.39, 0.29) is 18.0 Å². The van der Waals surface area contributed by atoms with Gasteiger partial charge in [-0.3, -0.25) is 10.1 Å². The lowest BCUT2D eigenvalue weighted by Gasteiger charge is -2.06. The molecule has 0 aromatic carbocycles. The minimum Gasteiger partial charge on any atom is -0.406 e. The summed E-state index contributed by atoms with van der Waals surface area (Å²) in [5.74, 6) is 0.335. The first-order valence-corrected chi connectivity index (χ1v) is 7.36. The molecule has 4 rings (SSSR count). The molecule has 2 N–H and O–H groups in total. The van der Waals surface area contributed by atoms with E-state index in [1.165, 1.54) is 0 Å². The van der Waals surface area contributed by atoms with Crippen molar-refractivity contribution in [3.05, 3.63) is 29.9 Å². The zero-order valence-corrected chi connectivity index (χ0v) is 11.6. The van der Waals surface area contributed by atoms with Crippen molar-refractivity contribution < 1.29 is 9.21 Å². The third-order valence-corrected chi connectivity index (χ3v) is 3.97. The third-order valence-electron chi connectivity index (χ3n) is 3.97. The lowest BCUT2D eigenvalue weighted by molar-refractivity contribution is 0.101. The first-order valence-electron chi connectivity index (χ1n) is 7.36. The highest BCUT2D eigenvalue weighted by atomic mass is 16.4. The van der Waals surface area contributed by atoms with Crippen molar-refractivity contribution in [3.8, 4) is 0 Å². The van der Waals surface area contributed by atoms with Gasteiger partial charge >= 0.3 is 6.01 Å². The highest BCUT2D eigenvalue weighted by Gasteiger charge is 2.27. The molecule has 0 radical (unpaired) electrons. The Balaban J connectivity index is 1.47. The highest BCUT2D eigenvalue weighted by Crippen LogP contribution is 2.36. The Morgan fingerprint density at radius 1 is 1.38 bits per heavy atom. The maximum Gasteiger partial charge on any atom is 0.322 e. The molecule has 7 heteroatoms. The minimum atomic E-state index is -0.207. The van der Waals surface area contributed by atoms with Crippen molar-refractivity contribution in [2.24, 2.45) is 0 Å². The average molecular weight is 287 g/mol. The number of carbonyl (C=O) groups excluding carboxylic acids is 1. The summed E-state index contributed by atoms with van der Waals surface area (Å²) < 4.78 is 7.53. The van der Waals surface area contributed by atoms with E-state index in [2.05, 4.69) is 20.8 Å². The van der Waals surface area contributed by atoms with Crippen LogP contribution < -0.4 is 10.6 Å². The number of amides is 1. The lowest BCUT2D eigenvalue weighted by atomic mass is 10.2. The predicted octanol–water partition coefficient (Wildman–Crippen LogP) is 1.88. The van der Waals surface area contributed by atoms with Crippen molar-refractivity contribution in [1.82, 2.24) is 20.1 Å². The third kappa shape index (κ3) is 2.44. The first-order chi connectivity index (χ1) is 10.3. The number of nitrogens with zero attached hydrogens (tertiary/aromatic N) is 3. The number of hydrogen-bond acceptors (Lipinski definition) is 5. The standard InChI is InChI=1S/C14H17N5O2/c20-12(11-4-2-8-19(11)9-5-6-9)16-14-18-17-13(21-14)10-3-1-7-15-10/h2,4,8-10,15H,1,3,5-7H2,(H,16,18,20). The van der Waals surface area contributed by atoms with E-state index in [0.717, 1.165) is 32.2 Å². The van der Waals surface area contributed by atoms with Gasteiger partial charge < -0.3 is 14.3 Å². The second-order valence-electron chi connectivity index (χ2n) is 5.58. The van der Waals surface area contributed by atoms with Crippen LogP contribution in [0, 0.1) is 0 Å². The van der Waals surface area contributed by atoms with Gasteiger partial charge in [-0.1, -0.05) is 5.10 Å². The van der Waals surface area contributed by atoms with E-state index in [4.69, 9.17) is 4.42 Å². The van der Waals surface area contributed by atoms with E-state index in [1.54, 1.807) is 0 Å². The molecule has 110 valence electrons. The molecule has 7 nitrogen and oxygen atoms in total. The van der Waals surface area contributed by atoms with Gasteiger partial charge in [0.2, 0.25) is 5.89 Å². The summed E-state index contributed by atoms with van der Waals surface area (Å²) in [6, 6.07) is 4.42. The van der Waals surface area contributed by atoms with Gasteiger partial charge in [0.15, 0.2) is 0 Å². The smallest absolute Gasteiger partial charge is 0.322 e. The van der Waals surface area contributed by atoms with Crippen LogP contribution in [0.4, 0.5) is 6.01 Å². The van der Waals surface area contributed by atoms with E-state index in [9.17, 15) is 4.79 Å². The Morgan fingerprint density at radius 2 is 2.29 bits per heavy atom. The van der Waals surface area contributed by atoms with E-state index in [1.807, 2.05) is 22.9 Å². The quantitative estimate of drug-likeness (QED) is 0.897. The summed E-state index contributed by atoms with van der Waals surface area (Å²) in [5, 5.41) is 13.9. The van der Waals surface area contributed by atoms with Crippen molar-refractivity contribution >= 4 is 11.9 Å². The van der Waals surface area contributed by atoms with Crippen molar-refractivity contribution in [2.45, 2.75) is 37.8 Å². The van der Waals surface area contributed by atoms with Crippen LogP contribution in [0.15, 0.2) is 22.7 Å². The summed E-state index contributed by atoms with van der Waals surface area (Å²) >= 11 is 0. The van der Waals surface area contributed by atoms with Gasteiger partial charge in [-0.2, -0.15) is 0 Å². The van der Waals surface area contributed by atoms with Gasteiger partial charge in [-0.25, -0.2) is 0 Å². The summed E-state index contributed by atoms with van der Waals surface area (Å²) in [6.07, 6.45) is 6.29. The number of rotatable bonds is 4. The van der Waals surface area contributed by atoms with Gasteiger partial charge in [0, 0.05) is 12.2 Å². The fourth-order valence-corrected chi connectivity index (χ4v) is 2.74. The van der Waals surface area contributed by atoms with Gasteiger partial charge in [0.05, 0.1) is 6.04 Å². The normalized spacial score (nSPS) is 21.6. The van der Waals surface area contributed by atoms with Crippen LogP contribution in [0.5, 0.6) is 0 Å². The summed E-state index contributed by atoms with van der Waals surface area (Å²) in [6.45, 7) is 0.962. The summed E-state index contributed by atoms with van der Waals surface area (Å²) in [7, 11) is 0. The number of hydrogen-bond donors (Lipinski definition) is 2. The minimum absolute atomic E-state index is 0.110. The van der Waals surface area contributed by atoms with Gasteiger partial charge in [0.25, 0.3) is 5.91 Å². The number of nitrogens with one attached hydrogen (secondary N) is 2. The zero-order chi connectivity index (χ0) is 14.2. The van der Waals surface area contributed by atoms with E-state index >= 15 is 0 Å². The van der Waals surface area contributed by atoms with Crippen molar-refractivity contribution in [1.29, 1.82) is 0 Å². The van der Waals surface area contributed by atoms with Crippen LogP contribution in [0.2, 0.25) is 0 Å². The second kappa shape index (κ2) is 5.00. The van der Waals surface area contributed by atoms with E-state index in [0.29, 0.717) is 17.6 Å². The average Bonchev–Trinajstić information content (AvgIpc) is 2.94. The van der Waals surface area contributed by atoms with Crippen LogP contribution in [-0.4, -0.2) is 27.2 Å². The fraction of sp³-hybridized carbons (Fsp3) is 0.500. The van der Waals surface area contributed by atoms with Crippen LogP contribution >= 0.6 is 0 Å².